The van der Waals surface area contributed by atoms with Crippen LogP contribution in [0.25, 0.3) is 0 Å². The van der Waals surface area contributed by atoms with Crippen LogP contribution in [0.4, 0.5) is 10.3 Å². The molecule has 7 heteroatoms. The summed E-state index contributed by atoms with van der Waals surface area (Å²) < 4.78 is 25.4. The minimum Gasteiger partial charge on any atom is -0.472 e. The van der Waals surface area contributed by atoms with Gasteiger partial charge in [-0.05, 0) is 18.2 Å². The van der Waals surface area contributed by atoms with Gasteiger partial charge in [-0.2, -0.15) is 0 Å². The SMILES string of the molecule is Fc1cccnc1O[C@H]1CCOC2(C1)CN(c1ncccn1)C2. The fourth-order valence-electron chi connectivity index (χ4n) is 3.16. The molecule has 0 amide bonds. The molecule has 2 fully saturated rings. The Morgan fingerprint density at radius 1 is 1.17 bits per heavy atom. The molecule has 4 rings (SSSR count). The summed E-state index contributed by atoms with van der Waals surface area (Å²) in [7, 11) is 0. The number of hydrogen-bond acceptors (Lipinski definition) is 6. The Morgan fingerprint density at radius 2 is 1.96 bits per heavy atom. The smallest absolute Gasteiger partial charge is 0.250 e. The van der Waals surface area contributed by atoms with E-state index in [4.69, 9.17) is 9.47 Å². The third kappa shape index (κ3) is 2.84. The van der Waals surface area contributed by atoms with Crippen LogP contribution in [0, 0.1) is 5.82 Å². The van der Waals surface area contributed by atoms with Gasteiger partial charge in [0, 0.05) is 31.4 Å². The summed E-state index contributed by atoms with van der Waals surface area (Å²) in [5, 5.41) is 0. The van der Waals surface area contributed by atoms with Crippen LogP contribution < -0.4 is 9.64 Å². The normalized spacial score (nSPS) is 22.7. The van der Waals surface area contributed by atoms with Crippen molar-refractivity contribution < 1.29 is 13.9 Å². The van der Waals surface area contributed by atoms with Crippen LogP contribution >= 0.6 is 0 Å². The molecule has 0 aromatic carbocycles. The third-order valence-electron chi connectivity index (χ3n) is 4.24. The lowest BCUT2D eigenvalue weighted by Crippen LogP contribution is -2.66. The molecule has 0 saturated carbocycles. The summed E-state index contributed by atoms with van der Waals surface area (Å²) >= 11 is 0. The van der Waals surface area contributed by atoms with E-state index < -0.39 is 5.82 Å². The van der Waals surface area contributed by atoms with Crippen LogP contribution in [0.15, 0.2) is 36.8 Å². The maximum atomic E-state index is 13.7. The standard InChI is InChI=1S/C16H17FN4O2/c17-13-3-1-5-18-14(13)23-12-4-8-22-16(9-12)10-21(11-16)15-19-6-2-7-20-15/h1-3,5-7,12H,4,8-11H2/t12-/m0/s1. The second-order valence-electron chi connectivity index (χ2n) is 5.96. The molecule has 1 atom stereocenters. The highest BCUT2D eigenvalue weighted by atomic mass is 19.1. The molecule has 1 spiro atoms. The van der Waals surface area contributed by atoms with Crippen molar-refractivity contribution in [1.29, 1.82) is 0 Å². The van der Waals surface area contributed by atoms with Crippen molar-refractivity contribution in [1.82, 2.24) is 15.0 Å². The predicted molar refractivity (Wildman–Crippen MR) is 80.8 cm³/mol. The number of ether oxygens (including phenoxy) is 2. The number of nitrogens with zero attached hydrogens (tertiary/aromatic N) is 4. The molecule has 120 valence electrons. The molecule has 2 aromatic rings. The van der Waals surface area contributed by atoms with Gasteiger partial charge in [-0.15, -0.1) is 0 Å². The first-order chi connectivity index (χ1) is 11.2. The molecule has 0 unspecified atom stereocenters. The molecular weight excluding hydrogens is 299 g/mol. The number of anilines is 1. The minimum absolute atomic E-state index is 0.0668. The van der Waals surface area contributed by atoms with Crippen molar-refractivity contribution in [3.05, 3.63) is 42.6 Å². The zero-order chi connectivity index (χ0) is 15.7. The number of hydrogen-bond donors (Lipinski definition) is 0. The van der Waals surface area contributed by atoms with Gasteiger partial charge in [0.2, 0.25) is 5.95 Å². The molecule has 2 aliphatic rings. The van der Waals surface area contributed by atoms with Crippen molar-refractivity contribution in [3.63, 3.8) is 0 Å². The lowest BCUT2D eigenvalue weighted by atomic mass is 9.85. The van der Waals surface area contributed by atoms with Crippen LogP contribution in [0.3, 0.4) is 0 Å². The first-order valence-electron chi connectivity index (χ1n) is 7.67. The summed E-state index contributed by atoms with van der Waals surface area (Å²) in [5.41, 5.74) is -0.257. The highest BCUT2D eigenvalue weighted by Crippen LogP contribution is 2.37. The maximum absolute atomic E-state index is 13.7. The van der Waals surface area contributed by atoms with E-state index in [1.165, 1.54) is 12.3 Å². The first-order valence-corrected chi connectivity index (χ1v) is 7.67. The van der Waals surface area contributed by atoms with Crippen molar-refractivity contribution in [2.24, 2.45) is 0 Å². The average molecular weight is 316 g/mol. The monoisotopic (exact) mass is 316 g/mol. The Morgan fingerprint density at radius 3 is 2.74 bits per heavy atom. The molecule has 0 N–H and O–H groups in total. The second-order valence-corrected chi connectivity index (χ2v) is 5.96. The number of halogens is 1. The zero-order valence-electron chi connectivity index (χ0n) is 12.6. The van der Waals surface area contributed by atoms with E-state index in [0.717, 1.165) is 19.5 Å². The van der Waals surface area contributed by atoms with E-state index in [1.807, 2.05) is 0 Å². The van der Waals surface area contributed by atoms with Gasteiger partial charge in [0.1, 0.15) is 11.7 Å². The molecule has 2 aromatic heterocycles. The van der Waals surface area contributed by atoms with Gasteiger partial charge < -0.3 is 14.4 Å². The molecule has 6 nitrogen and oxygen atoms in total. The maximum Gasteiger partial charge on any atom is 0.250 e. The molecule has 2 aliphatic heterocycles. The zero-order valence-corrected chi connectivity index (χ0v) is 12.6. The summed E-state index contributed by atoms with van der Waals surface area (Å²) in [6.45, 7) is 2.05. The van der Waals surface area contributed by atoms with Crippen LogP contribution in [0.2, 0.25) is 0 Å². The van der Waals surface area contributed by atoms with Gasteiger partial charge in [0.15, 0.2) is 5.82 Å². The van der Waals surface area contributed by atoms with Crippen LogP contribution in [0.1, 0.15) is 12.8 Å². The van der Waals surface area contributed by atoms with Gasteiger partial charge in [-0.25, -0.2) is 19.3 Å². The third-order valence-corrected chi connectivity index (χ3v) is 4.24. The number of aromatic nitrogens is 3. The van der Waals surface area contributed by atoms with Crippen molar-refractivity contribution in [2.45, 2.75) is 24.5 Å². The lowest BCUT2D eigenvalue weighted by molar-refractivity contribution is -0.127. The predicted octanol–water partition coefficient (Wildman–Crippen LogP) is 1.83. The van der Waals surface area contributed by atoms with E-state index in [-0.39, 0.29) is 17.6 Å². The summed E-state index contributed by atoms with van der Waals surface area (Å²) in [6, 6.07) is 4.70. The first kappa shape index (κ1) is 14.3. The summed E-state index contributed by atoms with van der Waals surface area (Å²) in [6.07, 6.45) is 6.35. The van der Waals surface area contributed by atoms with Gasteiger partial charge >= 0.3 is 0 Å². The summed E-state index contributed by atoms with van der Waals surface area (Å²) in [5.74, 6) is 0.346. The van der Waals surface area contributed by atoms with Gasteiger partial charge in [0.05, 0.1) is 19.7 Å². The fraction of sp³-hybridized carbons (Fsp3) is 0.438. The largest absolute Gasteiger partial charge is 0.472 e. The molecule has 2 saturated heterocycles. The molecular formula is C16H17FN4O2. The Kier molecular flexibility index (Phi) is 3.57. The van der Waals surface area contributed by atoms with Crippen molar-refractivity contribution in [2.75, 3.05) is 24.6 Å². The highest BCUT2D eigenvalue weighted by molar-refractivity contribution is 5.37. The van der Waals surface area contributed by atoms with Crippen LogP contribution in [0.5, 0.6) is 5.88 Å². The van der Waals surface area contributed by atoms with E-state index in [9.17, 15) is 4.39 Å². The quantitative estimate of drug-likeness (QED) is 0.861. The van der Waals surface area contributed by atoms with E-state index in [1.54, 1.807) is 24.5 Å². The van der Waals surface area contributed by atoms with Crippen molar-refractivity contribution in [3.8, 4) is 5.88 Å². The van der Waals surface area contributed by atoms with E-state index in [2.05, 4.69) is 19.9 Å². The minimum atomic E-state index is -0.430. The lowest BCUT2D eigenvalue weighted by Gasteiger charge is -2.52. The highest BCUT2D eigenvalue weighted by Gasteiger charge is 2.49. The van der Waals surface area contributed by atoms with E-state index in [0.29, 0.717) is 19.0 Å². The fourth-order valence-corrected chi connectivity index (χ4v) is 3.16. The number of pyridine rings is 1. The topological polar surface area (TPSA) is 60.4 Å². The molecule has 0 radical (unpaired) electrons. The van der Waals surface area contributed by atoms with Gasteiger partial charge in [0.25, 0.3) is 5.88 Å². The molecule has 0 aliphatic carbocycles. The summed E-state index contributed by atoms with van der Waals surface area (Å²) in [4.78, 5) is 14.5. The molecule has 23 heavy (non-hydrogen) atoms. The van der Waals surface area contributed by atoms with Crippen molar-refractivity contribution >= 4 is 5.95 Å². The second kappa shape index (κ2) is 5.73. The molecule has 0 bridgehead atoms. The Hall–Kier alpha value is -2.28. The number of rotatable bonds is 3. The van der Waals surface area contributed by atoms with E-state index >= 15 is 0 Å². The Bertz CT molecular complexity index is 679. The van der Waals surface area contributed by atoms with Gasteiger partial charge in [-0.3, -0.25) is 0 Å². The van der Waals surface area contributed by atoms with Gasteiger partial charge in [-0.1, -0.05) is 0 Å². The Labute approximate surface area is 133 Å². The van der Waals surface area contributed by atoms with Crippen LogP contribution in [-0.4, -0.2) is 46.4 Å². The Balaban J connectivity index is 1.40. The molecule has 4 heterocycles. The average Bonchev–Trinajstić information content (AvgIpc) is 2.56. The van der Waals surface area contributed by atoms with Crippen LogP contribution in [-0.2, 0) is 4.74 Å².